The number of carboxylic acid groups (broad SMARTS) is 1. The van der Waals surface area contributed by atoms with Crippen molar-refractivity contribution in [2.45, 2.75) is 25.8 Å². The van der Waals surface area contributed by atoms with Gasteiger partial charge in [0.2, 0.25) is 0 Å². The minimum atomic E-state index is -1.30. The van der Waals surface area contributed by atoms with E-state index in [1.165, 1.54) is 10.6 Å². The summed E-state index contributed by atoms with van der Waals surface area (Å²) in [5.41, 5.74) is 0.121. The summed E-state index contributed by atoms with van der Waals surface area (Å²) in [5, 5.41) is 12.0. The van der Waals surface area contributed by atoms with E-state index in [1.807, 2.05) is 6.92 Å². The maximum Gasteiger partial charge on any atom is 0.342 e. The minimum absolute atomic E-state index is 0.148. The smallest absolute Gasteiger partial charge is 0.342 e. The Balaban J connectivity index is 2.02. The Kier molecular flexibility index (Phi) is 4.16. The molecule has 0 saturated heterocycles. The highest BCUT2D eigenvalue weighted by Gasteiger charge is 2.25. The van der Waals surface area contributed by atoms with E-state index < -0.39 is 11.5 Å². The van der Waals surface area contributed by atoms with Crippen LogP contribution in [0.2, 0.25) is 0 Å². The quantitative estimate of drug-likeness (QED) is 0.904. The van der Waals surface area contributed by atoms with Gasteiger partial charge in [-0.1, -0.05) is 12.1 Å². The molecule has 2 aromatic rings. The zero-order chi connectivity index (χ0) is 17.3. The highest BCUT2D eigenvalue weighted by atomic mass is 19.1. The molecule has 0 spiro atoms. The van der Waals surface area contributed by atoms with E-state index in [0.717, 1.165) is 11.8 Å². The molecule has 6 nitrogen and oxygen atoms in total. The van der Waals surface area contributed by atoms with Crippen molar-refractivity contribution in [3.8, 4) is 0 Å². The van der Waals surface area contributed by atoms with E-state index >= 15 is 0 Å². The van der Waals surface area contributed by atoms with Gasteiger partial charge in [0.15, 0.2) is 0 Å². The summed E-state index contributed by atoms with van der Waals surface area (Å²) in [4.78, 5) is 27.6. The Morgan fingerprint density at radius 1 is 1.46 bits per heavy atom. The molecular formula is C17H16FN3O3. The fourth-order valence-electron chi connectivity index (χ4n) is 2.75. The first-order valence-electron chi connectivity index (χ1n) is 7.54. The van der Waals surface area contributed by atoms with Crippen LogP contribution in [-0.2, 0) is 0 Å². The zero-order valence-electron chi connectivity index (χ0n) is 13.0. The monoisotopic (exact) mass is 329 g/mol. The van der Waals surface area contributed by atoms with E-state index in [2.05, 4.69) is 10.3 Å². The first-order chi connectivity index (χ1) is 11.5. The number of carboxylic acids is 1. The first kappa shape index (κ1) is 15.9. The second-order valence-electron chi connectivity index (χ2n) is 5.66. The average molecular weight is 329 g/mol. The van der Waals surface area contributed by atoms with Gasteiger partial charge in [0, 0.05) is 24.0 Å². The molecule has 2 heterocycles. The van der Waals surface area contributed by atoms with Crippen LogP contribution in [0.4, 0.5) is 10.1 Å². The normalized spacial score (nSPS) is 18.2. The maximum absolute atomic E-state index is 13.7. The Labute approximate surface area is 137 Å². The van der Waals surface area contributed by atoms with Gasteiger partial charge in [-0.2, -0.15) is 0 Å². The third kappa shape index (κ3) is 2.80. The molecule has 1 aromatic carbocycles. The van der Waals surface area contributed by atoms with Crippen LogP contribution < -0.4 is 10.9 Å². The van der Waals surface area contributed by atoms with Crippen LogP contribution in [0.3, 0.4) is 0 Å². The van der Waals surface area contributed by atoms with E-state index in [0.29, 0.717) is 24.4 Å². The SMILES string of the molecule is CC1CC/C(=C\Nc2ccccc2F)c2ncc(C(=O)O)c(=O)n21. The molecule has 3 rings (SSSR count). The second kappa shape index (κ2) is 6.27. The van der Waals surface area contributed by atoms with Gasteiger partial charge >= 0.3 is 5.97 Å². The third-order valence-electron chi connectivity index (χ3n) is 4.06. The molecule has 1 aromatic heterocycles. The van der Waals surface area contributed by atoms with Crippen molar-refractivity contribution in [1.82, 2.24) is 9.55 Å². The summed E-state index contributed by atoms with van der Waals surface area (Å²) in [6.07, 6.45) is 4.01. The lowest BCUT2D eigenvalue weighted by atomic mass is 10.0. The van der Waals surface area contributed by atoms with Crippen molar-refractivity contribution in [3.63, 3.8) is 0 Å². The molecular weight excluding hydrogens is 313 g/mol. The molecule has 124 valence electrons. The minimum Gasteiger partial charge on any atom is -0.477 e. The summed E-state index contributed by atoms with van der Waals surface area (Å²) in [6.45, 7) is 1.85. The summed E-state index contributed by atoms with van der Waals surface area (Å²) in [7, 11) is 0. The molecule has 1 aliphatic rings. The van der Waals surface area contributed by atoms with Crippen LogP contribution in [0.1, 0.15) is 42.0 Å². The summed E-state index contributed by atoms with van der Waals surface area (Å²) >= 11 is 0. The lowest BCUT2D eigenvalue weighted by Gasteiger charge is -2.26. The van der Waals surface area contributed by atoms with Gasteiger partial charge in [0.25, 0.3) is 5.56 Å². The molecule has 0 saturated carbocycles. The topological polar surface area (TPSA) is 84.2 Å². The van der Waals surface area contributed by atoms with E-state index in [1.54, 1.807) is 24.4 Å². The van der Waals surface area contributed by atoms with Crippen molar-refractivity contribution in [3.05, 3.63) is 64.2 Å². The van der Waals surface area contributed by atoms with Gasteiger partial charge < -0.3 is 10.4 Å². The summed E-state index contributed by atoms with van der Waals surface area (Å²) < 4.78 is 15.1. The molecule has 0 radical (unpaired) electrons. The number of para-hydroxylation sites is 1. The van der Waals surface area contributed by atoms with Crippen molar-refractivity contribution in [2.24, 2.45) is 0 Å². The lowest BCUT2D eigenvalue weighted by molar-refractivity contribution is 0.0693. The van der Waals surface area contributed by atoms with Gasteiger partial charge in [-0.15, -0.1) is 0 Å². The molecule has 0 bridgehead atoms. The molecule has 0 aliphatic carbocycles. The van der Waals surface area contributed by atoms with Crippen molar-refractivity contribution < 1.29 is 14.3 Å². The number of nitrogens with zero attached hydrogens (tertiary/aromatic N) is 2. The van der Waals surface area contributed by atoms with Crippen LogP contribution in [0.25, 0.3) is 5.57 Å². The van der Waals surface area contributed by atoms with Crippen molar-refractivity contribution in [2.75, 3.05) is 5.32 Å². The van der Waals surface area contributed by atoms with Crippen molar-refractivity contribution in [1.29, 1.82) is 0 Å². The molecule has 1 aliphatic heterocycles. The standard InChI is InChI=1S/C17H16FN3O3/c1-10-6-7-11(8-19-14-5-3-2-4-13(14)18)15-20-9-12(17(23)24)16(22)21(10)15/h2-5,8-10,19H,6-7H2,1H3,(H,23,24)/b11-8+. The predicted octanol–water partition coefficient (Wildman–Crippen LogP) is 2.89. The fourth-order valence-corrected chi connectivity index (χ4v) is 2.75. The second-order valence-corrected chi connectivity index (χ2v) is 5.66. The number of nitrogens with one attached hydrogen (secondary N) is 1. The van der Waals surface area contributed by atoms with Gasteiger partial charge in [-0.25, -0.2) is 14.2 Å². The van der Waals surface area contributed by atoms with Gasteiger partial charge in [-0.3, -0.25) is 9.36 Å². The number of allylic oxidation sites excluding steroid dienone is 1. The summed E-state index contributed by atoms with van der Waals surface area (Å²) in [6, 6.07) is 6.11. The Hall–Kier alpha value is -2.96. The molecule has 2 N–H and O–H groups in total. The highest BCUT2D eigenvalue weighted by molar-refractivity contribution is 5.87. The number of aromatic nitrogens is 2. The molecule has 1 unspecified atom stereocenters. The average Bonchev–Trinajstić information content (AvgIpc) is 2.55. The Morgan fingerprint density at radius 2 is 2.21 bits per heavy atom. The number of benzene rings is 1. The lowest BCUT2D eigenvalue weighted by Crippen LogP contribution is -2.34. The largest absolute Gasteiger partial charge is 0.477 e. The first-order valence-corrected chi connectivity index (χ1v) is 7.54. The molecule has 1 atom stereocenters. The van der Waals surface area contributed by atoms with E-state index in [-0.39, 0.29) is 17.4 Å². The third-order valence-corrected chi connectivity index (χ3v) is 4.06. The Bertz CT molecular complexity index is 889. The summed E-state index contributed by atoms with van der Waals surface area (Å²) in [5.74, 6) is -1.27. The van der Waals surface area contributed by atoms with Gasteiger partial charge in [-0.05, 0) is 31.9 Å². The van der Waals surface area contributed by atoms with Crippen molar-refractivity contribution >= 4 is 17.2 Å². The van der Waals surface area contributed by atoms with Crippen LogP contribution in [0, 0.1) is 5.82 Å². The van der Waals surface area contributed by atoms with Gasteiger partial charge in [0.1, 0.15) is 17.2 Å². The van der Waals surface area contributed by atoms with Crippen LogP contribution in [-0.4, -0.2) is 20.6 Å². The number of rotatable bonds is 3. The fraction of sp³-hybridized carbons (Fsp3) is 0.235. The van der Waals surface area contributed by atoms with Crippen LogP contribution in [0.5, 0.6) is 0 Å². The number of aromatic carboxylic acids is 1. The number of hydrogen-bond acceptors (Lipinski definition) is 4. The number of anilines is 1. The van der Waals surface area contributed by atoms with Crippen LogP contribution >= 0.6 is 0 Å². The molecule has 0 fully saturated rings. The molecule has 24 heavy (non-hydrogen) atoms. The molecule has 0 amide bonds. The maximum atomic E-state index is 13.7. The van der Waals surface area contributed by atoms with Crippen LogP contribution in [0.15, 0.2) is 41.5 Å². The predicted molar refractivity (Wildman–Crippen MR) is 87.4 cm³/mol. The number of halogens is 1. The van der Waals surface area contributed by atoms with E-state index in [4.69, 9.17) is 5.11 Å². The number of fused-ring (bicyclic) bond motifs is 1. The van der Waals surface area contributed by atoms with Gasteiger partial charge in [0.05, 0.1) is 5.69 Å². The van der Waals surface area contributed by atoms with E-state index in [9.17, 15) is 14.0 Å². The number of carbonyl (C=O) groups is 1. The highest BCUT2D eigenvalue weighted by Crippen LogP contribution is 2.30. The zero-order valence-corrected chi connectivity index (χ0v) is 13.0. The Morgan fingerprint density at radius 3 is 2.92 bits per heavy atom. The number of hydrogen-bond donors (Lipinski definition) is 2. The molecule has 7 heteroatoms.